The molecule has 0 aromatic heterocycles. The number of carbonyl (C=O) groups excluding carboxylic acids is 2. The van der Waals surface area contributed by atoms with Gasteiger partial charge in [-0.15, -0.1) is 0 Å². The molecule has 3 aromatic carbocycles. The molecule has 3 aromatic rings. The van der Waals surface area contributed by atoms with Crippen molar-refractivity contribution < 1.29 is 14.3 Å². The molecule has 0 heterocycles. The smallest absolute Gasteiger partial charge is 0.243 e. The van der Waals surface area contributed by atoms with Gasteiger partial charge in [0.25, 0.3) is 0 Å². The third-order valence-electron chi connectivity index (χ3n) is 6.76. The van der Waals surface area contributed by atoms with E-state index in [0.29, 0.717) is 31.0 Å². The maximum atomic E-state index is 13.7. The molecule has 37 heavy (non-hydrogen) atoms. The summed E-state index contributed by atoms with van der Waals surface area (Å²) in [5, 5.41) is 3.84. The van der Waals surface area contributed by atoms with Crippen molar-refractivity contribution >= 4 is 23.4 Å². The largest absolute Gasteiger partial charge is 0.494 e. The molecule has 4 rings (SSSR count). The zero-order valence-corrected chi connectivity index (χ0v) is 21.9. The summed E-state index contributed by atoms with van der Waals surface area (Å²) >= 11 is 6.25. The van der Waals surface area contributed by atoms with Crippen molar-refractivity contribution in [2.75, 3.05) is 6.61 Å². The Morgan fingerprint density at radius 3 is 2.30 bits per heavy atom. The van der Waals surface area contributed by atoms with Gasteiger partial charge in [0, 0.05) is 30.5 Å². The van der Waals surface area contributed by atoms with Crippen LogP contribution in [0.25, 0.3) is 0 Å². The van der Waals surface area contributed by atoms with Crippen molar-refractivity contribution in [3.63, 3.8) is 0 Å². The molecule has 0 bridgehead atoms. The summed E-state index contributed by atoms with van der Waals surface area (Å²) in [5.41, 5.74) is 1.92. The highest BCUT2D eigenvalue weighted by atomic mass is 35.5. The molecule has 1 saturated carbocycles. The average Bonchev–Trinajstić information content (AvgIpc) is 3.43. The van der Waals surface area contributed by atoms with Gasteiger partial charge in [0.05, 0.1) is 6.61 Å². The van der Waals surface area contributed by atoms with Crippen LogP contribution < -0.4 is 10.1 Å². The first-order chi connectivity index (χ1) is 18.1. The topological polar surface area (TPSA) is 58.6 Å². The van der Waals surface area contributed by atoms with E-state index in [1.807, 2.05) is 84.9 Å². The zero-order chi connectivity index (χ0) is 25.9. The van der Waals surface area contributed by atoms with Gasteiger partial charge < -0.3 is 15.0 Å². The van der Waals surface area contributed by atoms with E-state index < -0.39 is 6.04 Å². The molecule has 1 unspecified atom stereocenters. The van der Waals surface area contributed by atoms with Crippen molar-refractivity contribution in [3.8, 4) is 5.75 Å². The normalized spacial score (nSPS) is 14.2. The predicted molar refractivity (Wildman–Crippen MR) is 148 cm³/mol. The summed E-state index contributed by atoms with van der Waals surface area (Å²) in [5.74, 6) is 0.620. The molecule has 0 spiro atoms. The predicted octanol–water partition coefficient (Wildman–Crippen LogP) is 6.20. The van der Waals surface area contributed by atoms with Gasteiger partial charge in [0.2, 0.25) is 11.8 Å². The molecule has 0 aliphatic heterocycles. The molecular weight excluding hydrogens is 484 g/mol. The molecule has 5 nitrogen and oxygen atoms in total. The van der Waals surface area contributed by atoms with E-state index in [2.05, 4.69) is 5.32 Å². The minimum atomic E-state index is -0.621. The molecule has 1 aliphatic carbocycles. The third kappa shape index (κ3) is 8.36. The first-order valence-corrected chi connectivity index (χ1v) is 13.5. The number of para-hydroxylation sites is 1. The van der Waals surface area contributed by atoms with Crippen LogP contribution in [0.2, 0.25) is 5.02 Å². The number of nitrogens with zero attached hydrogens (tertiary/aromatic N) is 1. The quantitative estimate of drug-likeness (QED) is 0.290. The molecular formula is C31H35ClN2O3. The van der Waals surface area contributed by atoms with Crippen molar-refractivity contribution in [1.29, 1.82) is 0 Å². The van der Waals surface area contributed by atoms with Crippen LogP contribution in [0.15, 0.2) is 84.9 Å². The van der Waals surface area contributed by atoms with Crippen molar-refractivity contribution in [3.05, 3.63) is 101 Å². The van der Waals surface area contributed by atoms with E-state index in [1.165, 1.54) is 0 Å². The molecule has 0 radical (unpaired) electrons. The van der Waals surface area contributed by atoms with Gasteiger partial charge in [-0.2, -0.15) is 0 Å². The lowest BCUT2D eigenvalue weighted by atomic mass is 10.0. The van der Waals surface area contributed by atoms with E-state index in [0.717, 1.165) is 42.6 Å². The number of halogens is 1. The molecule has 1 atom stereocenters. The van der Waals surface area contributed by atoms with Crippen LogP contribution in [-0.4, -0.2) is 35.4 Å². The summed E-state index contributed by atoms with van der Waals surface area (Å²) in [6.45, 7) is 0.743. The number of amides is 2. The molecule has 1 N–H and O–H groups in total. The molecule has 2 amide bonds. The Balaban J connectivity index is 1.52. The maximum absolute atomic E-state index is 13.7. The van der Waals surface area contributed by atoms with Gasteiger partial charge in [-0.1, -0.05) is 85.1 Å². The van der Waals surface area contributed by atoms with Gasteiger partial charge in [-0.25, -0.2) is 0 Å². The average molecular weight is 519 g/mol. The summed E-state index contributed by atoms with van der Waals surface area (Å²) in [6.07, 6.45) is 5.52. The standard InChI is InChI=1S/C31H35ClN2O3/c32-26-14-9-13-25(21-26)23-34(30(35)19-10-20-37-28-17-5-2-6-18-28)29(22-24-11-3-1-4-12-24)31(36)33-27-15-7-8-16-27/h1-6,9,11-14,17-18,21,27,29H,7-8,10,15-16,19-20,22-23H2,(H,33,36). The zero-order valence-electron chi connectivity index (χ0n) is 21.2. The molecule has 1 fully saturated rings. The second-order valence-corrected chi connectivity index (χ2v) is 10.0. The second kappa shape index (κ2) is 13.8. The van der Waals surface area contributed by atoms with Gasteiger partial charge in [0.15, 0.2) is 0 Å². The lowest BCUT2D eigenvalue weighted by molar-refractivity contribution is -0.141. The lowest BCUT2D eigenvalue weighted by Gasteiger charge is -2.32. The number of hydrogen-bond acceptors (Lipinski definition) is 3. The number of benzene rings is 3. The summed E-state index contributed by atoms with van der Waals surface area (Å²) in [4.78, 5) is 29.1. The monoisotopic (exact) mass is 518 g/mol. The Labute approximate surface area is 224 Å². The lowest BCUT2D eigenvalue weighted by Crippen LogP contribution is -2.52. The Morgan fingerprint density at radius 2 is 1.59 bits per heavy atom. The molecule has 0 saturated heterocycles. The van der Waals surface area contributed by atoms with Gasteiger partial charge in [-0.3, -0.25) is 9.59 Å². The molecule has 194 valence electrons. The second-order valence-electron chi connectivity index (χ2n) is 9.61. The van der Waals surface area contributed by atoms with Crippen LogP contribution in [0.3, 0.4) is 0 Å². The van der Waals surface area contributed by atoms with Crippen LogP contribution in [0.4, 0.5) is 0 Å². The van der Waals surface area contributed by atoms with E-state index in [-0.39, 0.29) is 24.3 Å². The molecule has 6 heteroatoms. The Morgan fingerprint density at radius 1 is 0.919 bits per heavy atom. The highest BCUT2D eigenvalue weighted by molar-refractivity contribution is 6.30. The number of carbonyl (C=O) groups is 2. The maximum Gasteiger partial charge on any atom is 0.243 e. The van der Waals surface area contributed by atoms with E-state index >= 15 is 0 Å². The summed E-state index contributed by atoms with van der Waals surface area (Å²) < 4.78 is 5.79. The highest BCUT2D eigenvalue weighted by Crippen LogP contribution is 2.21. The SMILES string of the molecule is O=C(NC1CCCC1)C(Cc1ccccc1)N(Cc1cccc(Cl)c1)C(=O)CCCOc1ccccc1. The van der Waals surface area contributed by atoms with Crippen molar-refractivity contribution in [2.24, 2.45) is 0 Å². The van der Waals surface area contributed by atoms with Crippen LogP contribution >= 0.6 is 11.6 Å². The highest BCUT2D eigenvalue weighted by Gasteiger charge is 2.32. The van der Waals surface area contributed by atoms with Crippen molar-refractivity contribution in [2.45, 2.75) is 63.6 Å². The number of nitrogens with one attached hydrogen (secondary N) is 1. The third-order valence-corrected chi connectivity index (χ3v) is 7.00. The minimum absolute atomic E-state index is 0.0702. The van der Waals surface area contributed by atoms with Gasteiger partial charge in [0.1, 0.15) is 11.8 Å². The van der Waals surface area contributed by atoms with Crippen LogP contribution in [0.1, 0.15) is 49.7 Å². The number of rotatable bonds is 12. The Kier molecular flexibility index (Phi) is 10.0. The van der Waals surface area contributed by atoms with Crippen LogP contribution in [0, 0.1) is 0 Å². The van der Waals surface area contributed by atoms with E-state index in [9.17, 15) is 9.59 Å². The number of hydrogen-bond donors (Lipinski definition) is 1. The fourth-order valence-electron chi connectivity index (χ4n) is 4.83. The fraction of sp³-hybridized carbons (Fsp3) is 0.355. The fourth-order valence-corrected chi connectivity index (χ4v) is 5.04. The van der Waals surface area contributed by atoms with E-state index in [1.54, 1.807) is 4.90 Å². The Bertz CT molecular complexity index is 1130. The minimum Gasteiger partial charge on any atom is -0.494 e. The first-order valence-electron chi connectivity index (χ1n) is 13.1. The summed E-state index contributed by atoms with van der Waals surface area (Å²) in [6, 6.07) is 26.5. The van der Waals surface area contributed by atoms with Crippen LogP contribution in [-0.2, 0) is 22.6 Å². The Hall–Kier alpha value is -3.31. The summed E-state index contributed by atoms with van der Waals surface area (Å²) in [7, 11) is 0. The van der Waals surface area contributed by atoms with Crippen LogP contribution in [0.5, 0.6) is 5.75 Å². The first kappa shape index (κ1) is 26.7. The van der Waals surface area contributed by atoms with Crippen molar-refractivity contribution in [1.82, 2.24) is 10.2 Å². The van der Waals surface area contributed by atoms with E-state index in [4.69, 9.17) is 16.3 Å². The molecule has 1 aliphatic rings. The van der Waals surface area contributed by atoms with Gasteiger partial charge >= 0.3 is 0 Å². The number of ether oxygens (including phenoxy) is 1. The van der Waals surface area contributed by atoms with Gasteiger partial charge in [-0.05, 0) is 54.7 Å².